The van der Waals surface area contributed by atoms with Crippen LogP contribution in [0.4, 0.5) is 18.9 Å². The first-order chi connectivity index (χ1) is 14.2. The first-order valence-corrected chi connectivity index (χ1v) is 10.4. The van der Waals surface area contributed by atoms with Crippen LogP contribution in [0.25, 0.3) is 10.6 Å². The van der Waals surface area contributed by atoms with Gasteiger partial charge >= 0.3 is 6.18 Å². The summed E-state index contributed by atoms with van der Waals surface area (Å²) in [5.41, 5.74) is 0.769. The van der Waals surface area contributed by atoms with Gasteiger partial charge in [0.05, 0.1) is 16.9 Å². The molecule has 0 bridgehead atoms. The maximum absolute atomic E-state index is 12.8. The molecule has 0 radical (unpaired) electrons. The quantitative estimate of drug-likeness (QED) is 0.486. The number of carbonyl (C=O) groups is 1. The van der Waals surface area contributed by atoms with Crippen LogP contribution in [-0.4, -0.2) is 24.1 Å². The molecule has 0 unspecified atom stereocenters. The molecule has 0 aliphatic carbocycles. The zero-order chi connectivity index (χ0) is 21.5. The maximum Gasteiger partial charge on any atom is 0.416 e. The maximum atomic E-state index is 12.8. The van der Waals surface area contributed by atoms with Crippen molar-refractivity contribution >= 4 is 38.9 Å². The second-order valence-electron chi connectivity index (χ2n) is 6.44. The van der Waals surface area contributed by atoms with E-state index in [-0.39, 0.29) is 5.91 Å². The molecule has 1 amide bonds. The molecule has 10 heteroatoms. The summed E-state index contributed by atoms with van der Waals surface area (Å²) < 4.78 is 49.9. The molecule has 2 heterocycles. The number of aromatic nitrogens is 1. The zero-order valence-corrected chi connectivity index (χ0v) is 17.9. The molecule has 0 spiro atoms. The Balaban J connectivity index is 1.57. The van der Waals surface area contributed by atoms with Crippen molar-refractivity contribution in [1.29, 1.82) is 0 Å². The van der Waals surface area contributed by atoms with Gasteiger partial charge in [0.15, 0.2) is 11.5 Å². The van der Waals surface area contributed by atoms with Crippen LogP contribution in [-0.2, 0) is 6.18 Å². The Kier molecular flexibility index (Phi) is 5.46. The number of aryl methyl sites for hydroxylation is 1. The normalized spacial score (nSPS) is 13.2. The van der Waals surface area contributed by atoms with Crippen molar-refractivity contribution in [2.24, 2.45) is 0 Å². The van der Waals surface area contributed by atoms with Gasteiger partial charge < -0.3 is 14.8 Å². The second kappa shape index (κ2) is 7.92. The molecule has 1 aliphatic rings. The van der Waals surface area contributed by atoms with Gasteiger partial charge in [0.1, 0.15) is 23.1 Å². The van der Waals surface area contributed by atoms with E-state index in [9.17, 15) is 18.0 Å². The van der Waals surface area contributed by atoms with Crippen molar-refractivity contribution in [1.82, 2.24) is 4.98 Å². The van der Waals surface area contributed by atoms with Crippen LogP contribution in [0.2, 0.25) is 0 Å². The van der Waals surface area contributed by atoms with Crippen molar-refractivity contribution in [3.8, 4) is 22.1 Å². The Morgan fingerprint density at radius 1 is 1.13 bits per heavy atom. The lowest BCUT2D eigenvalue weighted by atomic mass is 10.1. The summed E-state index contributed by atoms with van der Waals surface area (Å²) in [5, 5.41) is 3.28. The fourth-order valence-corrected chi connectivity index (χ4v) is 4.26. The Bertz CT molecular complexity index is 1110. The number of fused-ring (bicyclic) bond motifs is 1. The number of thiazole rings is 1. The number of hydrogen-bond acceptors (Lipinski definition) is 5. The van der Waals surface area contributed by atoms with Crippen LogP contribution < -0.4 is 14.8 Å². The highest BCUT2D eigenvalue weighted by molar-refractivity contribution is 9.10. The van der Waals surface area contributed by atoms with Crippen molar-refractivity contribution in [3.63, 3.8) is 0 Å². The third kappa shape index (κ3) is 4.15. The lowest BCUT2D eigenvalue weighted by Crippen LogP contribution is -2.17. The van der Waals surface area contributed by atoms with Gasteiger partial charge in [-0.1, -0.05) is 12.1 Å². The summed E-state index contributed by atoms with van der Waals surface area (Å²) in [6, 6.07) is 8.08. The Morgan fingerprint density at radius 3 is 2.40 bits per heavy atom. The van der Waals surface area contributed by atoms with Gasteiger partial charge in [0, 0.05) is 22.2 Å². The highest BCUT2D eigenvalue weighted by Crippen LogP contribution is 2.39. The van der Waals surface area contributed by atoms with E-state index < -0.39 is 11.7 Å². The van der Waals surface area contributed by atoms with E-state index in [1.165, 1.54) is 12.1 Å². The predicted octanol–water partition coefficient (Wildman–Crippen LogP) is 5.92. The number of benzene rings is 2. The Labute approximate surface area is 182 Å². The SMILES string of the molecule is Cc1nc(-c2ccc(C(F)(F)F)cc2)sc1C(=O)Nc1cc2c(cc1Br)OCCO2. The average Bonchev–Trinajstić information content (AvgIpc) is 3.10. The van der Waals surface area contributed by atoms with Gasteiger partial charge in [-0.05, 0) is 35.0 Å². The highest BCUT2D eigenvalue weighted by atomic mass is 79.9. The van der Waals surface area contributed by atoms with Crippen molar-refractivity contribution in [2.45, 2.75) is 13.1 Å². The van der Waals surface area contributed by atoms with Crippen LogP contribution in [0.15, 0.2) is 40.9 Å². The molecule has 1 aliphatic heterocycles. The Morgan fingerprint density at radius 2 is 1.77 bits per heavy atom. The number of amides is 1. The van der Waals surface area contributed by atoms with Gasteiger partial charge in [-0.25, -0.2) is 4.98 Å². The molecule has 0 fully saturated rings. The van der Waals surface area contributed by atoms with Crippen LogP contribution in [0.5, 0.6) is 11.5 Å². The van der Waals surface area contributed by atoms with E-state index in [1.807, 2.05) is 0 Å². The lowest BCUT2D eigenvalue weighted by molar-refractivity contribution is -0.137. The summed E-state index contributed by atoms with van der Waals surface area (Å²) in [6.45, 7) is 2.56. The molecule has 30 heavy (non-hydrogen) atoms. The van der Waals surface area contributed by atoms with Crippen molar-refractivity contribution in [2.75, 3.05) is 18.5 Å². The minimum absolute atomic E-state index is 0.367. The van der Waals surface area contributed by atoms with E-state index >= 15 is 0 Å². The molecular formula is C20H14BrF3N2O3S. The molecule has 156 valence electrons. The standard InChI is InChI=1S/C20H14BrF3N2O3S/c1-10-17(30-19(25-10)11-2-4-12(5-3-11)20(22,23)24)18(27)26-14-9-16-15(8-13(14)21)28-6-7-29-16/h2-5,8-9H,6-7H2,1H3,(H,26,27). The summed E-state index contributed by atoms with van der Waals surface area (Å²) in [7, 11) is 0. The molecule has 1 aromatic heterocycles. The molecule has 2 aromatic carbocycles. The smallest absolute Gasteiger partial charge is 0.416 e. The molecule has 0 saturated carbocycles. The Hall–Kier alpha value is -2.59. The molecular weight excluding hydrogens is 485 g/mol. The largest absolute Gasteiger partial charge is 0.486 e. The van der Waals surface area contributed by atoms with Crippen molar-refractivity contribution < 1.29 is 27.4 Å². The van der Waals surface area contributed by atoms with E-state index in [1.54, 1.807) is 19.1 Å². The highest BCUT2D eigenvalue weighted by Gasteiger charge is 2.30. The average molecular weight is 499 g/mol. The molecule has 5 nitrogen and oxygen atoms in total. The van der Waals surface area contributed by atoms with Gasteiger partial charge in [-0.3, -0.25) is 4.79 Å². The van der Waals surface area contributed by atoms with Crippen LogP contribution >= 0.6 is 27.3 Å². The predicted molar refractivity (Wildman–Crippen MR) is 110 cm³/mol. The van der Waals surface area contributed by atoms with E-state index in [0.29, 0.717) is 56.0 Å². The van der Waals surface area contributed by atoms with E-state index in [4.69, 9.17) is 9.47 Å². The van der Waals surface area contributed by atoms with Crippen LogP contribution in [0, 0.1) is 6.92 Å². The lowest BCUT2D eigenvalue weighted by Gasteiger charge is -2.20. The number of nitrogens with one attached hydrogen (secondary N) is 1. The summed E-state index contributed by atoms with van der Waals surface area (Å²) >= 11 is 4.52. The van der Waals surface area contributed by atoms with Gasteiger partial charge in [0.25, 0.3) is 5.91 Å². The number of halogens is 4. The first kappa shape index (κ1) is 20.7. The monoisotopic (exact) mass is 498 g/mol. The molecule has 1 N–H and O–H groups in total. The summed E-state index contributed by atoms with van der Waals surface area (Å²) in [4.78, 5) is 17.5. The van der Waals surface area contributed by atoms with E-state index in [0.717, 1.165) is 23.5 Å². The van der Waals surface area contributed by atoms with Crippen LogP contribution in [0.3, 0.4) is 0 Å². The zero-order valence-electron chi connectivity index (χ0n) is 15.5. The summed E-state index contributed by atoms with van der Waals surface area (Å²) in [6.07, 6.45) is -4.40. The van der Waals surface area contributed by atoms with Crippen LogP contribution in [0.1, 0.15) is 20.9 Å². The fourth-order valence-electron chi connectivity index (χ4n) is 2.87. The number of alkyl halides is 3. The first-order valence-electron chi connectivity index (χ1n) is 8.78. The second-order valence-corrected chi connectivity index (χ2v) is 8.29. The minimum atomic E-state index is -4.40. The van der Waals surface area contributed by atoms with Gasteiger partial charge in [0.2, 0.25) is 0 Å². The number of carbonyl (C=O) groups excluding carboxylic acids is 1. The number of hydrogen-bond donors (Lipinski definition) is 1. The fraction of sp³-hybridized carbons (Fsp3) is 0.200. The van der Waals surface area contributed by atoms with E-state index in [2.05, 4.69) is 26.2 Å². The number of ether oxygens (including phenoxy) is 2. The van der Waals surface area contributed by atoms with Gasteiger partial charge in [-0.15, -0.1) is 11.3 Å². The number of nitrogens with zero attached hydrogens (tertiary/aromatic N) is 1. The number of anilines is 1. The molecule has 3 aromatic rings. The van der Waals surface area contributed by atoms with Gasteiger partial charge in [-0.2, -0.15) is 13.2 Å². The number of rotatable bonds is 3. The molecule has 0 atom stereocenters. The third-order valence-corrected chi connectivity index (χ3v) is 6.20. The minimum Gasteiger partial charge on any atom is -0.486 e. The van der Waals surface area contributed by atoms with Crippen molar-refractivity contribution in [3.05, 3.63) is 57.0 Å². The molecule has 4 rings (SSSR count). The topological polar surface area (TPSA) is 60.5 Å². The summed E-state index contributed by atoms with van der Waals surface area (Å²) in [5.74, 6) is 0.747. The molecule has 0 saturated heterocycles. The third-order valence-electron chi connectivity index (χ3n) is 4.34.